The van der Waals surface area contributed by atoms with Crippen molar-refractivity contribution in [1.29, 1.82) is 5.26 Å². The molecule has 0 saturated heterocycles. The van der Waals surface area contributed by atoms with E-state index in [9.17, 15) is 8.78 Å². The summed E-state index contributed by atoms with van der Waals surface area (Å²) in [6.07, 6.45) is 1.63. The molecule has 0 saturated carbocycles. The maximum absolute atomic E-state index is 13.5. The van der Waals surface area contributed by atoms with Crippen molar-refractivity contribution in [3.05, 3.63) is 40.4 Å². The van der Waals surface area contributed by atoms with Crippen LogP contribution in [-0.2, 0) is 0 Å². The van der Waals surface area contributed by atoms with Gasteiger partial charge in [-0.15, -0.1) is 11.3 Å². The van der Waals surface area contributed by atoms with Gasteiger partial charge in [0.25, 0.3) is 0 Å². The third-order valence-electron chi connectivity index (χ3n) is 2.07. The summed E-state index contributed by atoms with van der Waals surface area (Å²) in [7, 11) is 0. The second kappa shape index (κ2) is 4.47. The minimum Gasteiger partial charge on any atom is -0.329 e. The number of thiazole rings is 1. The number of nitriles is 1. The number of halogens is 2. The maximum atomic E-state index is 13.5. The highest BCUT2D eigenvalue weighted by atomic mass is 32.1. The van der Waals surface area contributed by atoms with E-state index in [4.69, 9.17) is 5.26 Å². The van der Waals surface area contributed by atoms with E-state index in [2.05, 4.69) is 10.3 Å². The Labute approximate surface area is 100 Å². The van der Waals surface area contributed by atoms with Gasteiger partial charge in [-0.2, -0.15) is 5.26 Å². The van der Waals surface area contributed by atoms with E-state index < -0.39 is 11.6 Å². The molecule has 1 aromatic heterocycles. The number of benzene rings is 1. The van der Waals surface area contributed by atoms with Crippen LogP contribution in [0.5, 0.6) is 0 Å². The van der Waals surface area contributed by atoms with Crippen LogP contribution in [0, 0.1) is 29.9 Å². The van der Waals surface area contributed by atoms with Gasteiger partial charge in [-0.05, 0) is 19.1 Å². The highest BCUT2D eigenvalue weighted by Gasteiger charge is 2.13. The first-order valence-electron chi connectivity index (χ1n) is 4.69. The fourth-order valence-electron chi connectivity index (χ4n) is 1.26. The Hall–Kier alpha value is -2.00. The molecule has 0 atom stereocenters. The van der Waals surface area contributed by atoms with Crippen LogP contribution in [0.2, 0.25) is 0 Å². The van der Waals surface area contributed by atoms with Crippen LogP contribution < -0.4 is 5.32 Å². The van der Waals surface area contributed by atoms with Crippen LogP contribution >= 0.6 is 11.3 Å². The Morgan fingerprint density at radius 1 is 1.35 bits per heavy atom. The minimum atomic E-state index is -1.15. The van der Waals surface area contributed by atoms with Gasteiger partial charge in [0.2, 0.25) is 0 Å². The van der Waals surface area contributed by atoms with Crippen LogP contribution in [0.4, 0.5) is 19.6 Å². The van der Waals surface area contributed by atoms with Crippen LogP contribution in [0.3, 0.4) is 0 Å². The van der Waals surface area contributed by atoms with Gasteiger partial charge in [0.05, 0.1) is 11.3 Å². The maximum Gasteiger partial charge on any atom is 0.187 e. The van der Waals surface area contributed by atoms with Crippen molar-refractivity contribution in [3.63, 3.8) is 0 Å². The van der Waals surface area contributed by atoms with Crippen molar-refractivity contribution in [2.75, 3.05) is 5.32 Å². The fraction of sp³-hybridized carbons (Fsp3) is 0.0909. The molecule has 1 aromatic carbocycles. The summed E-state index contributed by atoms with van der Waals surface area (Å²) in [6, 6.07) is 4.11. The Bertz CT molecular complexity index is 601. The SMILES string of the molecule is Cc1cnc(Nc2ccc(C#N)c(F)c2F)s1. The van der Waals surface area contributed by atoms with Crippen molar-refractivity contribution >= 4 is 22.2 Å². The van der Waals surface area contributed by atoms with E-state index in [0.717, 1.165) is 4.88 Å². The number of nitrogens with zero attached hydrogens (tertiary/aromatic N) is 2. The molecule has 0 amide bonds. The van der Waals surface area contributed by atoms with E-state index in [1.165, 1.54) is 23.5 Å². The molecule has 1 N–H and O–H groups in total. The number of nitrogens with one attached hydrogen (secondary N) is 1. The van der Waals surface area contributed by atoms with Crippen LogP contribution in [-0.4, -0.2) is 4.98 Å². The van der Waals surface area contributed by atoms with Gasteiger partial charge in [0, 0.05) is 11.1 Å². The molecule has 17 heavy (non-hydrogen) atoms. The third-order valence-corrected chi connectivity index (χ3v) is 2.89. The molecule has 0 aliphatic rings. The van der Waals surface area contributed by atoms with E-state index in [0.29, 0.717) is 5.13 Å². The Kier molecular flexibility index (Phi) is 3.02. The molecular weight excluding hydrogens is 244 g/mol. The van der Waals surface area contributed by atoms with Gasteiger partial charge >= 0.3 is 0 Å². The number of hydrogen-bond donors (Lipinski definition) is 1. The quantitative estimate of drug-likeness (QED) is 0.890. The van der Waals surface area contributed by atoms with E-state index in [1.807, 2.05) is 6.92 Å². The van der Waals surface area contributed by atoms with Crippen LogP contribution in [0.25, 0.3) is 0 Å². The van der Waals surface area contributed by atoms with E-state index >= 15 is 0 Å². The van der Waals surface area contributed by atoms with Gasteiger partial charge in [-0.1, -0.05) is 0 Å². The second-order valence-corrected chi connectivity index (χ2v) is 4.54. The largest absolute Gasteiger partial charge is 0.329 e. The van der Waals surface area contributed by atoms with Gasteiger partial charge in [0.15, 0.2) is 16.8 Å². The molecular formula is C11H7F2N3S. The highest BCUT2D eigenvalue weighted by molar-refractivity contribution is 7.15. The van der Waals surface area contributed by atoms with Crippen molar-refractivity contribution < 1.29 is 8.78 Å². The van der Waals surface area contributed by atoms with E-state index in [1.54, 1.807) is 12.3 Å². The van der Waals surface area contributed by atoms with Gasteiger partial charge < -0.3 is 5.32 Å². The molecule has 0 spiro atoms. The zero-order valence-corrected chi connectivity index (χ0v) is 9.61. The van der Waals surface area contributed by atoms with Crippen molar-refractivity contribution in [2.24, 2.45) is 0 Å². The van der Waals surface area contributed by atoms with Crippen molar-refractivity contribution in [2.45, 2.75) is 6.92 Å². The average Bonchev–Trinajstić information content (AvgIpc) is 2.71. The summed E-state index contributed by atoms with van der Waals surface area (Å²) in [6.45, 7) is 1.86. The van der Waals surface area contributed by atoms with Crippen LogP contribution in [0.15, 0.2) is 18.3 Å². The lowest BCUT2D eigenvalue weighted by atomic mass is 10.2. The molecule has 0 radical (unpaired) electrons. The summed E-state index contributed by atoms with van der Waals surface area (Å²) < 4.78 is 26.8. The zero-order chi connectivity index (χ0) is 12.4. The average molecular weight is 251 g/mol. The molecule has 6 heteroatoms. The Balaban J connectivity index is 2.35. The molecule has 0 aliphatic carbocycles. The fourth-order valence-corrected chi connectivity index (χ4v) is 1.94. The summed E-state index contributed by atoms with van der Waals surface area (Å²) in [5.74, 6) is -2.22. The highest BCUT2D eigenvalue weighted by Crippen LogP contribution is 2.26. The van der Waals surface area contributed by atoms with Gasteiger partial charge in [0.1, 0.15) is 6.07 Å². The lowest BCUT2D eigenvalue weighted by Gasteiger charge is -2.05. The first-order chi connectivity index (χ1) is 8.11. The van der Waals surface area contributed by atoms with Gasteiger partial charge in [-0.25, -0.2) is 13.8 Å². The standard InChI is InChI=1S/C11H7F2N3S/c1-6-5-15-11(17-6)16-8-3-2-7(4-14)9(12)10(8)13/h2-3,5H,1H3,(H,15,16). The predicted molar refractivity (Wildman–Crippen MR) is 61.2 cm³/mol. The van der Waals surface area contributed by atoms with E-state index in [-0.39, 0.29) is 11.3 Å². The minimum absolute atomic E-state index is 0.0316. The number of anilines is 2. The van der Waals surface area contributed by atoms with Crippen molar-refractivity contribution in [1.82, 2.24) is 4.98 Å². The first-order valence-corrected chi connectivity index (χ1v) is 5.51. The van der Waals surface area contributed by atoms with Gasteiger partial charge in [-0.3, -0.25) is 0 Å². The number of hydrogen-bond acceptors (Lipinski definition) is 4. The third kappa shape index (κ3) is 2.24. The molecule has 0 bridgehead atoms. The number of rotatable bonds is 2. The molecule has 2 aromatic rings. The lowest BCUT2D eigenvalue weighted by molar-refractivity contribution is 0.509. The smallest absolute Gasteiger partial charge is 0.187 e. The summed E-state index contributed by atoms with van der Waals surface area (Å²) in [4.78, 5) is 4.94. The Morgan fingerprint density at radius 3 is 2.71 bits per heavy atom. The predicted octanol–water partition coefficient (Wildman–Crippen LogP) is 3.35. The summed E-state index contributed by atoms with van der Waals surface area (Å²) in [5, 5.41) is 11.7. The van der Waals surface area contributed by atoms with Crippen LogP contribution in [0.1, 0.15) is 10.4 Å². The summed E-state index contributed by atoms with van der Waals surface area (Å²) >= 11 is 1.33. The molecule has 0 unspecified atom stereocenters. The second-order valence-electron chi connectivity index (χ2n) is 3.30. The monoisotopic (exact) mass is 251 g/mol. The number of aromatic nitrogens is 1. The first kappa shape index (κ1) is 11.5. The Morgan fingerprint density at radius 2 is 2.12 bits per heavy atom. The number of aryl methyl sites for hydroxylation is 1. The summed E-state index contributed by atoms with van der Waals surface area (Å²) in [5.41, 5.74) is -0.348. The molecule has 1 heterocycles. The molecule has 2 rings (SSSR count). The zero-order valence-electron chi connectivity index (χ0n) is 8.79. The normalized spacial score (nSPS) is 10.0. The molecule has 0 aliphatic heterocycles. The topological polar surface area (TPSA) is 48.7 Å². The molecule has 0 fully saturated rings. The molecule has 3 nitrogen and oxygen atoms in total. The molecule has 86 valence electrons. The lowest BCUT2D eigenvalue weighted by Crippen LogP contribution is -1.98. The van der Waals surface area contributed by atoms with Crippen molar-refractivity contribution in [3.8, 4) is 6.07 Å².